The highest BCUT2D eigenvalue weighted by molar-refractivity contribution is 5.99. The first-order chi connectivity index (χ1) is 18.2. The van der Waals surface area contributed by atoms with Crippen molar-refractivity contribution in [3.05, 3.63) is 89.1 Å². The van der Waals surface area contributed by atoms with Crippen LogP contribution in [-0.2, 0) is 16.0 Å². The van der Waals surface area contributed by atoms with Crippen molar-refractivity contribution in [1.82, 2.24) is 15.1 Å². The summed E-state index contributed by atoms with van der Waals surface area (Å²) in [5.41, 5.74) is 5.29. The number of nitrogens with one attached hydrogen (secondary N) is 1. The van der Waals surface area contributed by atoms with Gasteiger partial charge in [0, 0.05) is 31.2 Å². The van der Waals surface area contributed by atoms with Gasteiger partial charge >= 0.3 is 5.97 Å². The lowest BCUT2D eigenvalue weighted by Crippen LogP contribution is -2.25. The van der Waals surface area contributed by atoms with E-state index in [1.54, 1.807) is 13.2 Å². The van der Waals surface area contributed by atoms with E-state index < -0.39 is 5.60 Å². The van der Waals surface area contributed by atoms with Gasteiger partial charge in [-0.05, 0) is 75.1 Å². The number of rotatable bonds is 9. The second kappa shape index (κ2) is 11.6. The first-order valence-corrected chi connectivity index (χ1v) is 12.8. The first-order valence-electron chi connectivity index (χ1n) is 12.8. The quantitative estimate of drug-likeness (QED) is 0.227. The van der Waals surface area contributed by atoms with Crippen molar-refractivity contribution in [3.8, 4) is 11.1 Å². The van der Waals surface area contributed by atoms with Crippen LogP contribution >= 0.6 is 0 Å². The summed E-state index contributed by atoms with van der Waals surface area (Å²) in [4.78, 5) is 25.3. The molecule has 4 rings (SSSR count). The molecule has 198 valence electrons. The predicted molar refractivity (Wildman–Crippen MR) is 149 cm³/mol. The Morgan fingerprint density at radius 1 is 1.00 bits per heavy atom. The lowest BCUT2D eigenvalue weighted by molar-refractivity contribution is 0.00703. The molecule has 0 bridgehead atoms. The van der Waals surface area contributed by atoms with Gasteiger partial charge in [-0.15, -0.1) is 0 Å². The molecule has 1 heterocycles. The van der Waals surface area contributed by atoms with E-state index in [-0.39, 0.29) is 11.9 Å². The number of carbonyl (C=O) groups excluding carboxylic acids is 2. The Kier molecular flexibility index (Phi) is 8.27. The summed E-state index contributed by atoms with van der Waals surface area (Å²) in [7, 11) is 1.65. The third-order valence-electron chi connectivity index (χ3n) is 6.15. The number of benzene rings is 3. The minimum absolute atomic E-state index is 0.0996. The second-order valence-electron chi connectivity index (χ2n) is 10.3. The Balaban J connectivity index is 1.51. The van der Waals surface area contributed by atoms with Crippen LogP contribution in [0.5, 0.6) is 0 Å². The molecule has 0 saturated heterocycles. The van der Waals surface area contributed by atoms with E-state index in [9.17, 15) is 9.59 Å². The number of ether oxygens (including phenoxy) is 2. The van der Waals surface area contributed by atoms with Gasteiger partial charge in [0.1, 0.15) is 5.60 Å². The Hall–Kier alpha value is -3.97. The van der Waals surface area contributed by atoms with E-state index >= 15 is 0 Å². The van der Waals surface area contributed by atoms with E-state index in [0.29, 0.717) is 30.8 Å². The van der Waals surface area contributed by atoms with Crippen LogP contribution in [0.1, 0.15) is 59.2 Å². The maximum atomic E-state index is 12.8. The summed E-state index contributed by atoms with van der Waals surface area (Å²) >= 11 is 0. The molecule has 7 heteroatoms. The molecule has 7 nitrogen and oxygen atoms in total. The number of amides is 1. The molecule has 38 heavy (non-hydrogen) atoms. The molecule has 4 aromatic rings. The Morgan fingerprint density at radius 2 is 1.74 bits per heavy atom. The smallest absolute Gasteiger partial charge is 0.339 e. The zero-order valence-electron chi connectivity index (χ0n) is 22.7. The summed E-state index contributed by atoms with van der Waals surface area (Å²) in [6.07, 6.45) is 0.771. The monoisotopic (exact) mass is 513 g/mol. The van der Waals surface area contributed by atoms with Crippen LogP contribution in [0.15, 0.2) is 66.7 Å². The summed E-state index contributed by atoms with van der Waals surface area (Å²) in [5, 5.41) is 8.62. The largest absolute Gasteiger partial charge is 0.456 e. The van der Waals surface area contributed by atoms with Crippen LogP contribution in [0.25, 0.3) is 22.0 Å². The molecule has 0 aliphatic heterocycles. The summed E-state index contributed by atoms with van der Waals surface area (Å²) in [5.74, 6) is -0.434. The van der Waals surface area contributed by atoms with E-state index in [1.165, 1.54) is 0 Å². The van der Waals surface area contributed by atoms with E-state index in [4.69, 9.17) is 14.6 Å². The van der Waals surface area contributed by atoms with Crippen LogP contribution in [0.4, 0.5) is 0 Å². The molecule has 0 fully saturated rings. The molecule has 0 spiro atoms. The van der Waals surface area contributed by atoms with Gasteiger partial charge in [-0.25, -0.2) is 4.79 Å². The Bertz CT molecular complexity index is 1430. The molecular formula is C31H35N3O4. The molecule has 1 aromatic heterocycles. The van der Waals surface area contributed by atoms with Crippen molar-refractivity contribution in [1.29, 1.82) is 0 Å². The molecule has 3 aromatic carbocycles. The molecular weight excluding hydrogens is 478 g/mol. The third-order valence-corrected chi connectivity index (χ3v) is 6.15. The Morgan fingerprint density at radius 3 is 2.45 bits per heavy atom. The SMILES string of the molecule is COCCCNC(=O)c1ccc2c(c1)c(C)nn2Cc1ccc(-c2ccccc2C(=O)OC(C)(C)C)cc1. The summed E-state index contributed by atoms with van der Waals surface area (Å²) in [6, 6.07) is 21.3. The molecule has 0 aliphatic rings. The van der Waals surface area contributed by atoms with E-state index in [1.807, 2.05) is 93.0 Å². The molecule has 1 N–H and O–H groups in total. The lowest BCUT2D eigenvalue weighted by atomic mass is 9.98. The fourth-order valence-corrected chi connectivity index (χ4v) is 4.33. The molecule has 0 atom stereocenters. The van der Waals surface area contributed by atoms with Crippen LogP contribution < -0.4 is 5.32 Å². The van der Waals surface area contributed by atoms with Gasteiger partial charge in [0.05, 0.1) is 23.3 Å². The fraction of sp³-hybridized carbons (Fsp3) is 0.323. The van der Waals surface area contributed by atoms with Crippen LogP contribution in [0.3, 0.4) is 0 Å². The van der Waals surface area contributed by atoms with Gasteiger partial charge in [0.15, 0.2) is 0 Å². The summed E-state index contributed by atoms with van der Waals surface area (Å²) in [6.45, 7) is 9.31. The minimum atomic E-state index is -0.562. The second-order valence-corrected chi connectivity index (χ2v) is 10.3. The fourth-order valence-electron chi connectivity index (χ4n) is 4.33. The predicted octanol–water partition coefficient (Wildman–Crippen LogP) is 5.78. The lowest BCUT2D eigenvalue weighted by Gasteiger charge is -2.20. The van der Waals surface area contributed by atoms with E-state index in [0.717, 1.165) is 39.7 Å². The van der Waals surface area contributed by atoms with Gasteiger partial charge in [-0.3, -0.25) is 9.48 Å². The number of hydrogen-bond acceptors (Lipinski definition) is 5. The number of methoxy groups -OCH3 is 1. The number of aryl methyl sites for hydroxylation is 1. The number of esters is 1. The number of carbonyl (C=O) groups is 2. The molecule has 0 aliphatic carbocycles. The molecule has 1 amide bonds. The van der Waals surface area contributed by atoms with Crippen molar-refractivity contribution < 1.29 is 19.1 Å². The van der Waals surface area contributed by atoms with Crippen molar-refractivity contribution in [2.24, 2.45) is 0 Å². The van der Waals surface area contributed by atoms with E-state index in [2.05, 4.69) is 5.32 Å². The number of nitrogens with zero attached hydrogens (tertiary/aromatic N) is 2. The van der Waals surface area contributed by atoms with Crippen molar-refractivity contribution in [2.45, 2.75) is 46.3 Å². The standard InChI is InChI=1S/C31H35N3O4/c1-21-27-19-24(29(35)32-17-8-18-37-5)15-16-28(27)34(33-21)20-22-11-13-23(14-12-22)25-9-6-7-10-26(25)30(36)38-31(2,3)4/h6-7,9-16,19H,8,17-18,20H2,1-5H3,(H,32,35). The highest BCUT2D eigenvalue weighted by atomic mass is 16.6. The van der Waals surface area contributed by atoms with Crippen molar-refractivity contribution in [3.63, 3.8) is 0 Å². The Labute approximate surface area is 223 Å². The summed E-state index contributed by atoms with van der Waals surface area (Å²) < 4.78 is 12.6. The highest BCUT2D eigenvalue weighted by Gasteiger charge is 2.20. The van der Waals surface area contributed by atoms with Gasteiger partial charge in [0.25, 0.3) is 5.91 Å². The van der Waals surface area contributed by atoms with Crippen molar-refractivity contribution >= 4 is 22.8 Å². The number of hydrogen-bond donors (Lipinski definition) is 1. The maximum absolute atomic E-state index is 12.8. The van der Waals surface area contributed by atoms with Crippen molar-refractivity contribution in [2.75, 3.05) is 20.3 Å². The topological polar surface area (TPSA) is 82.5 Å². The van der Waals surface area contributed by atoms with Gasteiger partial charge in [0.2, 0.25) is 0 Å². The zero-order valence-corrected chi connectivity index (χ0v) is 22.7. The minimum Gasteiger partial charge on any atom is -0.456 e. The highest BCUT2D eigenvalue weighted by Crippen LogP contribution is 2.27. The van der Waals surface area contributed by atoms with Gasteiger partial charge < -0.3 is 14.8 Å². The van der Waals surface area contributed by atoms with Crippen LogP contribution in [0.2, 0.25) is 0 Å². The average Bonchev–Trinajstić information content (AvgIpc) is 3.20. The van der Waals surface area contributed by atoms with Crippen LogP contribution in [-0.4, -0.2) is 47.5 Å². The molecule has 0 unspecified atom stereocenters. The maximum Gasteiger partial charge on any atom is 0.339 e. The number of aromatic nitrogens is 2. The number of fused-ring (bicyclic) bond motifs is 1. The average molecular weight is 514 g/mol. The third kappa shape index (κ3) is 6.47. The normalized spacial score (nSPS) is 11.5. The molecule has 0 radical (unpaired) electrons. The zero-order chi connectivity index (χ0) is 27.3. The van der Waals surface area contributed by atoms with Gasteiger partial charge in [-0.1, -0.05) is 42.5 Å². The molecule has 0 saturated carbocycles. The van der Waals surface area contributed by atoms with Gasteiger partial charge in [-0.2, -0.15) is 5.10 Å². The first kappa shape index (κ1) is 27.1. The van der Waals surface area contributed by atoms with Crippen LogP contribution in [0, 0.1) is 6.92 Å².